The predicted octanol–water partition coefficient (Wildman–Crippen LogP) is 0.272. The van der Waals surface area contributed by atoms with E-state index in [1.54, 1.807) is 6.07 Å². The number of carbonyl (C=O) groups excluding carboxylic acids is 2. The van der Waals surface area contributed by atoms with Gasteiger partial charge in [-0.2, -0.15) is 0 Å². The summed E-state index contributed by atoms with van der Waals surface area (Å²) in [5, 5.41) is 15.5. The first-order valence-electron chi connectivity index (χ1n) is 5.40. The van der Waals surface area contributed by atoms with E-state index in [1.165, 1.54) is 12.1 Å². The van der Waals surface area contributed by atoms with Crippen LogP contribution in [0.3, 0.4) is 0 Å². The standard InChI is InChI=1S/C11H9N3O4/c15-9-11(13-10(16)12-9)4-6-1-2-8(14(17)18)3-7(6)5-11/h1-3H,4-5H2,(H2,12,13,15,16)/t11-/m0/s1. The molecule has 2 N–H and O–H groups in total. The summed E-state index contributed by atoms with van der Waals surface area (Å²) < 4.78 is 0. The highest BCUT2D eigenvalue weighted by Crippen LogP contribution is 2.34. The van der Waals surface area contributed by atoms with Crippen LogP contribution in [-0.2, 0) is 17.6 Å². The van der Waals surface area contributed by atoms with Crippen molar-refractivity contribution in [3.05, 3.63) is 39.4 Å². The minimum atomic E-state index is -0.964. The highest BCUT2D eigenvalue weighted by molar-refractivity contribution is 6.07. The number of rotatable bonds is 1. The van der Waals surface area contributed by atoms with E-state index in [0.29, 0.717) is 12.8 Å². The molecule has 18 heavy (non-hydrogen) atoms. The SMILES string of the molecule is O=C1NC(=O)[C@@]2(Cc3ccc([N+](=O)[O-])cc3C2)N1. The summed E-state index contributed by atoms with van der Waals surface area (Å²) >= 11 is 0. The van der Waals surface area contributed by atoms with Crippen molar-refractivity contribution >= 4 is 17.6 Å². The zero-order valence-corrected chi connectivity index (χ0v) is 9.23. The van der Waals surface area contributed by atoms with Gasteiger partial charge in [-0.15, -0.1) is 0 Å². The second kappa shape index (κ2) is 3.28. The number of nitrogens with one attached hydrogen (secondary N) is 2. The van der Waals surface area contributed by atoms with Crippen molar-refractivity contribution in [1.82, 2.24) is 10.6 Å². The van der Waals surface area contributed by atoms with Gasteiger partial charge in [-0.05, 0) is 11.1 Å². The first-order chi connectivity index (χ1) is 8.50. The smallest absolute Gasteiger partial charge is 0.322 e. The number of nitro benzene ring substituents is 1. The van der Waals surface area contributed by atoms with E-state index < -0.39 is 16.5 Å². The lowest BCUT2D eigenvalue weighted by atomic mass is 9.96. The van der Waals surface area contributed by atoms with Gasteiger partial charge < -0.3 is 5.32 Å². The van der Waals surface area contributed by atoms with E-state index in [4.69, 9.17) is 0 Å². The number of fused-ring (bicyclic) bond motifs is 1. The van der Waals surface area contributed by atoms with Crippen LogP contribution < -0.4 is 10.6 Å². The first-order valence-corrected chi connectivity index (χ1v) is 5.40. The zero-order valence-electron chi connectivity index (χ0n) is 9.23. The van der Waals surface area contributed by atoms with Gasteiger partial charge in [0.1, 0.15) is 5.54 Å². The van der Waals surface area contributed by atoms with Crippen molar-refractivity contribution in [2.75, 3.05) is 0 Å². The van der Waals surface area contributed by atoms with E-state index >= 15 is 0 Å². The lowest BCUT2D eigenvalue weighted by Crippen LogP contribution is -2.47. The van der Waals surface area contributed by atoms with Crippen LogP contribution in [0.25, 0.3) is 0 Å². The quantitative estimate of drug-likeness (QED) is 0.422. The molecule has 1 heterocycles. The molecule has 0 unspecified atom stereocenters. The number of amides is 3. The number of nitro groups is 1. The van der Waals surface area contributed by atoms with E-state index in [-0.39, 0.29) is 11.6 Å². The van der Waals surface area contributed by atoms with Crippen LogP contribution in [0.5, 0.6) is 0 Å². The van der Waals surface area contributed by atoms with Gasteiger partial charge in [0, 0.05) is 25.0 Å². The molecular formula is C11H9N3O4. The Bertz CT molecular complexity index is 598. The molecule has 1 aliphatic heterocycles. The van der Waals surface area contributed by atoms with E-state index in [0.717, 1.165) is 11.1 Å². The second-order valence-corrected chi connectivity index (χ2v) is 4.55. The summed E-state index contributed by atoms with van der Waals surface area (Å²) in [5.41, 5.74) is 0.629. The van der Waals surface area contributed by atoms with Gasteiger partial charge in [-0.25, -0.2) is 4.79 Å². The Labute approximate surface area is 101 Å². The minimum Gasteiger partial charge on any atom is -0.323 e. The molecule has 1 atom stereocenters. The minimum absolute atomic E-state index is 0.00414. The van der Waals surface area contributed by atoms with Crippen LogP contribution in [0.2, 0.25) is 0 Å². The van der Waals surface area contributed by atoms with Crippen molar-refractivity contribution in [3.63, 3.8) is 0 Å². The van der Waals surface area contributed by atoms with Crippen molar-refractivity contribution in [2.45, 2.75) is 18.4 Å². The molecule has 1 fully saturated rings. The number of nitrogens with zero attached hydrogens (tertiary/aromatic N) is 1. The third-order valence-corrected chi connectivity index (χ3v) is 3.40. The molecule has 7 heteroatoms. The topological polar surface area (TPSA) is 101 Å². The molecule has 3 rings (SSSR count). The van der Waals surface area contributed by atoms with Gasteiger partial charge in [-0.3, -0.25) is 20.2 Å². The molecule has 0 saturated carbocycles. The first kappa shape index (κ1) is 10.7. The molecule has 0 radical (unpaired) electrons. The van der Waals surface area contributed by atoms with Crippen molar-refractivity contribution < 1.29 is 14.5 Å². The lowest BCUT2D eigenvalue weighted by Gasteiger charge is -2.18. The Balaban J connectivity index is 1.98. The van der Waals surface area contributed by atoms with Gasteiger partial charge >= 0.3 is 6.03 Å². The molecule has 1 aliphatic carbocycles. The van der Waals surface area contributed by atoms with Gasteiger partial charge in [-0.1, -0.05) is 6.07 Å². The third-order valence-electron chi connectivity index (χ3n) is 3.40. The Hall–Kier alpha value is -2.44. The maximum absolute atomic E-state index is 11.8. The second-order valence-electron chi connectivity index (χ2n) is 4.55. The van der Waals surface area contributed by atoms with Gasteiger partial charge in [0.05, 0.1) is 4.92 Å². The molecule has 92 valence electrons. The van der Waals surface area contributed by atoms with Gasteiger partial charge in [0.15, 0.2) is 0 Å². The summed E-state index contributed by atoms with van der Waals surface area (Å²) in [6, 6.07) is 4.00. The maximum Gasteiger partial charge on any atom is 0.322 e. The Morgan fingerprint density at radius 1 is 1.22 bits per heavy atom. The molecule has 0 bridgehead atoms. The molecule has 3 amide bonds. The molecule has 0 aromatic heterocycles. The Morgan fingerprint density at radius 2 is 1.94 bits per heavy atom. The fraction of sp³-hybridized carbons (Fsp3) is 0.273. The maximum atomic E-state index is 11.8. The number of hydrogen-bond donors (Lipinski definition) is 2. The van der Waals surface area contributed by atoms with E-state index in [1.807, 2.05) is 0 Å². The van der Waals surface area contributed by atoms with E-state index in [2.05, 4.69) is 10.6 Å². The van der Waals surface area contributed by atoms with Gasteiger partial charge in [0.2, 0.25) is 0 Å². The van der Waals surface area contributed by atoms with Crippen LogP contribution in [0.15, 0.2) is 18.2 Å². The third kappa shape index (κ3) is 1.37. The van der Waals surface area contributed by atoms with Crippen LogP contribution in [0.1, 0.15) is 11.1 Å². The summed E-state index contributed by atoms with van der Waals surface area (Å²) in [4.78, 5) is 33.2. The Kier molecular flexibility index (Phi) is 1.95. The number of urea groups is 1. The average Bonchev–Trinajstić information content (AvgIpc) is 2.78. The van der Waals surface area contributed by atoms with Crippen LogP contribution in [-0.4, -0.2) is 22.4 Å². The molecule has 1 aromatic rings. The van der Waals surface area contributed by atoms with Crippen LogP contribution >= 0.6 is 0 Å². The van der Waals surface area contributed by atoms with Crippen molar-refractivity contribution in [1.29, 1.82) is 0 Å². The average molecular weight is 247 g/mol. The predicted molar refractivity (Wildman–Crippen MR) is 59.9 cm³/mol. The molecule has 1 aromatic carbocycles. The monoisotopic (exact) mass is 247 g/mol. The summed E-state index contributed by atoms with van der Waals surface area (Å²) in [6.07, 6.45) is 0.666. The lowest BCUT2D eigenvalue weighted by molar-refractivity contribution is -0.384. The fourth-order valence-electron chi connectivity index (χ4n) is 2.55. The number of hydrogen-bond acceptors (Lipinski definition) is 4. The van der Waals surface area contributed by atoms with E-state index in [9.17, 15) is 19.7 Å². The normalized spacial score (nSPS) is 24.9. The highest BCUT2D eigenvalue weighted by Gasteiger charge is 2.50. The number of non-ortho nitro benzene ring substituents is 1. The summed E-state index contributed by atoms with van der Waals surface area (Å²) in [6.45, 7) is 0. The van der Waals surface area contributed by atoms with Crippen LogP contribution in [0, 0.1) is 10.1 Å². The summed E-state index contributed by atoms with van der Waals surface area (Å²) in [7, 11) is 0. The number of imide groups is 1. The molecule has 7 nitrogen and oxygen atoms in total. The highest BCUT2D eigenvalue weighted by atomic mass is 16.6. The van der Waals surface area contributed by atoms with Crippen molar-refractivity contribution in [2.24, 2.45) is 0 Å². The molecular weight excluding hydrogens is 238 g/mol. The number of carbonyl (C=O) groups is 2. The molecule has 2 aliphatic rings. The largest absolute Gasteiger partial charge is 0.323 e. The molecule has 1 spiro atoms. The van der Waals surface area contributed by atoms with Crippen molar-refractivity contribution in [3.8, 4) is 0 Å². The number of benzene rings is 1. The Morgan fingerprint density at radius 3 is 2.56 bits per heavy atom. The van der Waals surface area contributed by atoms with Gasteiger partial charge in [0.25, 0.3) is 11.6 Å². The zero-order chi connectivity index (χ0) is 12.9. The summed E-state index contributed by atoms with van der Waals surface area (Å²) in [5.74, 6) is -0.369. The fourth-order valence-corrected chi connectivity index (χ4v) is 2.55. The molecule has 1 saturated heterocycles. The van der Waals surface area contributed by atoms with Crippen LogP contribution in [0.4, 0.5) is 10.5 Å².